The maximum absolute atomic E-state index is 12.3. The molecule has 3 heterocycles. The summed E-state index contributed by atoms with van der Waals surface area (Å²) in [7, 11) is 0. The van der Waals surface area contributed by atoms with Crippen molar-refractivity contribution in [1.82, 2.24) is 20.0 Å². The molecular weight excluding hydrogens is 290 g/mol. The average Bonchev–Trinajstić information content (AvgIpc) is 3.18. The quantitative estimate of drug-likeness (QED) is 0.663. The van der Waals surface area contributed by atoms with Crippen LogP contribution < -0.4 is 0 Å². The number of nitrogens with zero attached hydrogens (tertiary/aromatic N) is 4. The number of amides is 1. The van der Waals surface area contributed by atoms with Gasteiger partial charge in [-0.05, 0) is 12.1 Å². The van der Waals surface area contributed by atoms with Crippen molar-refractivity contribution in [2.75, 3.05) is 26.2 Å². The number of nitrogens with one attached hydrogen (secondary N) is 1. The Kier molecular flexibility index (Phi) is 3.88. The van der Waals surface area contributed by atoms with Gasteiger partial charge in [-0.2, -0.15) is 5.10 Å². The summed E-state index contributed by atoms with van der Waals surface area (Å²) in [5, 5.41) is 16.9. The molecule has 1 fully saturated rings. The predicted octanol–water partition coefficient (Wildman–Crippen LogP) is 0.869. The van der Waals surface area contributed by atoms with E-state index in [1.54, 1.807) is 11.2 Å². The fraction of sp³-hybridized carbons (Fsp3) is 0.385. The number of carbonyl (C=O) groups is 1. The molecule has 0 aromatic carbocycles. The summed E-state index contributed by atoms with van der Waals surface area (Å²) in [4.78, 5) is 26.3. The summed E-state index contributed by atoms with van der Waals surface area (Å²) in [5.41, 5.74) is -0.354. The average molecular weight is 305 g/mol. The molecule has 2 aromatic rings. The van der Waals surface area contributed by atoms with Crippen molar-refractivity contribution < 1.29 is 14.1 Å². The van der Waals surface area contributed by atoms with Crippen LogP contribution >= 0.6 is 0 Å². The summed E-state index contributed by atoms with van der Waals surface area (Å²) in [6, 6.07) is 3.75. The largest absolute Gasteiger partial charge is 0.468 e. The Bertz CT molecular complexity index is 658. The molecule has 0 spiro atoms. The SMILES string of the molecule is O=C(c1[nH]ncc1[N+](=O)[O-])N1CCN(Cc2ccco2)CC1. The zero-order chi connectivity index (χ0) is 15.5. The Morgan fingerprint density at radius 1 is 1.41 bits per heavy atom. The Labute approximate surface area is 125 Å². The third-order valence-electron chi connectivity index (χ3n) is 3.65. The van der Waals surface area contributed by atoms with Crippen LogP contribution in [-0.2, 0) is 6.54 Å². The third-order valence-corrected chi connectivity index (χ3v) is 3.65. The van der Waals surface area contributed by atoms with Gasteiger partial charge in [-0.1, -0.05) is 0 Å². The van der Waals surface area contributed by atoms with Crippen LogP contribution in [-0.4, -0.2) is 57.0 Å². The first-order valence-electron chi connectivity index (χ1n) is 6.87. The van der Waals surface area contributed by atoms with Gasteiger partial charge >= 0.3 is 5.69 Å². The first-order valence-corrected chi connectivity index (χ1v) is 6.87. The van der Waals surface area contributed by atoms with E-state index >= 15 is 0 Å². The van der Waals surface area contributed by atoms with Crippen LogP contribution in [0, 0.1) is 10.1 Å². The minimum Gasteiger partial charge on any atom is -0.468 e. The maximum Gasteiger partial charge on any atom is 0.319 e. The molecule has 0 unspecified atom stereocenters. The number of nitro groups is 1. The first-order chi connectivity index (χ1) is 10.6. The molecule has 3 rings (SSSR count). The number of furan rings is 1. The molecule has 2 aromatic heterocycles. The molecule has 1 aliphatic heterocycles. The van der Waals surface area contributed by atoms with Crippen LogP contribution in [0.5, 0.6) is 0 Å². The number of aromatic nitrogens is 2. The molecule has 9 heteroatoms. The molecular formula is C13H15N5O4. The zero-order valence-electron chi connectivity index (χ0n) is 11.8. The highest BCUT2D eigenvalue weighted by Crippen LogP contribution is 2.18. The number of H-pyrrole nitrogens is 1. The van der Waals surface area contributed by atoms with Gasteiger partial charge in [-0.3, -0.25) is 24.9 Å². The minimum absolute atomic E-state index is 0.0653. The van der Waals surface area contributed by atoms with E-state index in [-0.39, 0.29) is 17.3 Å². The molecule has 9 nitrogen and oxygen atoms in total. The third kappa shape index (κ3) is 2.84. The molecule has 0 aliphatic carbocycles. The summed E-state index contributed by atoms with van der Waals surface area (Å²) < 4.78 is 5.30. The van der Waals surface area contributed by atoms with Crippen molar-refractivity contribution >= 4 is 11.6 Å². The van der Waals surface area contributed by atoms with Gasteiger partial charge in [-0.25, -0.2) is 0 Å². The lowest BCUT2D eigenvalue weighted by atomic mass is 10.2. The predicted molar refractivity (Wildman–Crippen MR) is 75.1 cm³/mol. The van der Waals surface area contributed by atoms with Gasteiger partial charge in [0.15, 0.2) is 0 Å². The summed E-state index contributed by atoms with van der Waals surface area (Å²) >= 11 is 0. The highest BCUT2D eigenvalue weighted by Gasteiger charge is 2.29. The molecule has 22 heavy (non-hydrogen) atoms. The van der Waals surface area contributed by atoms with Crippen LogP contribution in [0.1, 0.15) is 16.2 Å². The Hall–Kier alpha value is -2.68. The summed E-state index contributed by atoms with van der Waals surface area (Å²) in [6.45, 7) is 3.09. The lowest BCUT2D eigenvalue weighted by molar-refractivity contribution is -0.385. The number of aromatic amines is 1. The molecule has 0 atom stereocenters. The lowest BCUT2D eigenvalue weighted by Gasteiger charge is -2.33. The van der Waals surface area contributed by atoms with E-state index in [2.05, 4.69) is 15.1 Å². The van der Waals surface area contributed by atoms with Gasteiger partial charge in [0.05, 0.1) is 17.7 Å². The number of hydrogen-bond donors (Lipinski definition) is 1. The van der Waals surface area contributed by atoms with E-state index in [0.717, 1.165) is 12.0 Å². The van der Waals surface area contributed by atoms with Gasteiger partial charge < -0.3 is 9.32 Å². The number of hydrogen-bond acceptors (Lipinski definition) is 6. The molecule has 1 N–H and O–H groups in total. The van der Waals surface area contributed by atoms with E-state index in [1.807, 2.05) is 12.1 Å². The molecule has 116 valence electrons. The second-order valence-electron chi connectivity index (χ2n) is 5.04. The fourth-order valence-corrected chi connectivity index (χ4v) is 2.47. The number of piperazine rings is 1. The van der Waals surface area contributed by atoms with Crippen LogP contribution in [0.4, 0.5) is 5.69 Å². The first kappa shape index (κ1) is 14.3. The van der Waals surface area contributed by atoms with Crippen molar-refractivity contribution in [3.05, 3.63) is 46.2 Å². The van der Waals surface area contributed by atoms with Crippen LogP contribution in [0.3, 0.4) is 0 Å². The normalized spacial score (nSPS) is 15.9. The molecule has 0 bridgehead atoms. The van der Waals surface area contributed by atoms with Crippen molar-refractivity contribution in [3.8, 4) is 0 Å². The zero-order valence-corrected chi connectivity index (χ0v) is 11.8. The van der Waals surface area contributed by atoms with Crippen molar-refractivity contribution in [2.45, 2.75) is 6.54 Å². The van der Waals surface area contributed by atoms with E-state index < -0.39 is 4.92 Å². The van der Waals surface area contributed by atoms with E-state index in [1.165, 1.54) is 0 Å². The topological polar surface area (TPSA) is 109 Å². The lowest BCUT2D eigenvalue weighted by Crippen LogP contribution is -2.48. The standard InChI is InChI=1S/C13H15N5O4/c19-13(12-11(18(20)21)8-14-15-12)17-5-3-16(4-6-17)9-10-2-1-7-22-10/h1-2,7-8H,3-6,9H2,(H,14,15). The second-order valence-corrected chi connectivity index (χ2v) is 5.04. The van der Waals surface area contributed by atoms with E-state index in [9.17, 15) is 14.9 Å². The van der Waals surface area contributed by atoms with E-state index in [0.29, 0.717) is 32.7 Å². The highest BCUT2D eigenvalue weighted by atomic mass is 16.6. The molecule has 1 aliphatic rings. The number of carbonyl (C=O) groups excluding carboxylic acids is 1. The highest BCUT2D eigenvalue weighted by molar-refractivity contribution is 5.96. The molecule has 1 saturated heterocycles. The van der Waals surface area contributed by atoms with Gasteiger partial charge in [0.25, 0.3) is 5.91 Å². The second kappa shape index (κ2) is 5.98. The number of rotatable bonds is 4. The van der Waals surface area contributed by atoms with Crippen LogP contribution in [0.15, 0.2) is 29.0 Å². The van der Waals surface area contributed by atoms with Crippen molar-refractivity contribution in [1.29, 1.82) is 0 Å². The maximum atomic E-state index is 12.3. The minimum atomic E-state index is -0.607. The molecule has 1 amide bonds. The molecule has 0 saturated carbocycles. The summed E-state index contributed by atoms with van der Waals surface area (Å²) in [5.74, 6) is 0.492. The summed E-state index contributed by atoms with van der Waals surface area (Å²) in [6.07, 6.45) is 2.69. The smallest absolute Gasteiger partial charge is 0.319 e. The Balaban J connectivity index is 1.60. The van der Waals surface area contributed by atoms with Crippen molar-refractivity contribution in [2.24, 2.45) is 0 Å². The monoisotopic (exact) mass is 305 g/mol. The fourth-order valence-electron chi connectivity index (χ4n) is 2.47. The van der Waals surface area contributed by atoms with Gasteiger partial charge in [0.1, 0.15) is 12.0 Å². The van der Waals surface area contributed by atoms with Crippen LogP contribution in [0.2, 0.25) is 0 Å². The van der Waals surface area contributed by atoms with Crippen LogP contribution in [0.25, 0.3) is 0 Å². The van der Waals surface area contributed by atoms with Gasteiger partial charge in [-0.15, -0.1) is 0 Å². The van der Waals surface area contributed by atoms with E-state index in [4.69, 9.17) is 4.42 Å². The van der Waals surface area contributed by atoms with Gasteiger partial charge in [0, 0.05) is 26.2 Å². The molecule has 0 radical (unpaired) electrons. The Morgan fingerprint density at radius 3 is 2.82 bits per heavy atom. The van der Waals surface area contributed by atoms with Gasteiger partial charge in [0.2, 0.25) is 5.69 Å². The Morgan fingerprint density at radius 2 is 2.18 bits per heavy atom. The van der Waals surface area contributed by atoms with Crippen molar-refractivity contribution in [3.63, 3.8) is 0 Å².